The second kappa shape index (κ2) is 5.33. The third kappa shape index (κ3) is 2.97. The number of aromatic nitrogens is 2. The Labute approximate surface area is 123 Å². The Balaban J connectivity index is 2.77. The van der Waals surface area contributed by atoms with Crippen molar-refractivity contribution < 1.29 is 17.9 Å². The van der Waals surface area contributed by atoms with Gasteiger partial charge in [-0.2, -0.15) is 0 Å². The molecular formula is C14H16N2O4S. The summed E-state index contributed by atoms with van der Waals surface area (Å²) >= 11 is 0. The highest BCUT2D eigenvalue weighted by Crippen LogP contribution is 2.25. The number of carbonyl (C=O) groups excluding carboxylic acids is 1. The lowest BCUT2D eigenvalue weighted by Gasteiger charge is -2.13. The fraction of sp³-hybridized carbons (Fsp3) is 0.286. The van der Waals surface area contributed by atoms with E-state index < -0.39 is 15.8 Å². The highest BCUT2D eigenvalue weighted by Gasteiger charge is 2.20. The van der Waals surface area contributed by atoms with Gasteiger partial charge in [-0.05, 0) is 31.5 Å². The monoisotopic (exact) mass is 308 g/mol. The number of nitrogens with zero attached hydrogens (tertiary/aromatic N) is 2. The summed E-state index contributed by atoms with van der Waals surface area (Å²) in [4.78, 5) is 15.9. The van der Waals surface area contributed by atoms with Gasteiger partial charge in [0.1, 0.15) is 0 Å². The molecule has 2 rings (SSSR count). The zero-order chi connectivity index (χ0) is 15.8. The van der Waals surface area contributed by atoms with Crippen LogP contribution in [0.2, 0.25) is 0 Å². The topological polar surface area (TPSA) is 78.3 Å². The van der Waals surface area contributed by atoms with Crippen molar-refractivity contribution in [1.82, 2.24) is 9.55 Å². The van der Waals surface area contributed by atoms with Crippen molar-refractivity contribution in [3.63, 3.8) is 0 Å². The molecule has 112 valence electrons. The molecule has 21 heavy (non-hydrogen) atoms. The van der Waals surface area contributed by atoms with Crippen LogP contribution in [0, 0.1) is 13.8 Å². The van der Waals surface area contributed by atoms with Gasteiger partial charge in [0.25, 0.3) is 0 Å². The van der Waals surface area contributed by atoms with Gasteiger partial charge in [-0.3, -0.25) is 0 Å². The van der Waals surface area contributed by atoms with Crippen LogP contribution in [-0.4, -0.2) is 37.3 Å². The van der Waals surface area contributed by atoms with Crippen molar-refractivity contribution in [2.75, 3.05) is 13.4 Å². The minimum Gasteiger partial charge on any atom is -0.465 e. The van der Waals surface area contributed by atoms with Crippen LogP contribution in [0.3, 0.4) is 0 Å². The lowest BCUT2D eigenvalue weighted by molar-refractivity contribution is 0.0599. The number of aryl methyl sites for hydroxylation is 2. The molecule has 2 aromatic rings. The zero-order valence-electron chi connectivity index (χ0n) is 12.2. The quantitative estimate of drug-likeness (QED) is 0.806. The predicted molar refractivity (Wildman–Crippen MR) is 77.5 cm³/mol. The summed E-state index contributed by atoms with van der Waals surface area (Å²) in [5, 5.41) is 0. The average molecular weight is 308 g/mol. The number of methoxy groups -OCH3 is 1. The number of esters is 1. The molecule has 6 nitrogen and oxygen atoms in total. The first-order chi connectivity index (χ1) is 9.74. The number of rotatable bonds is 3. The predicted octanol–water partition coefficient (Wildman–Crippen LogP) is 1.68. The Bertz CT molecular complexity index is 806. The minimum absolute atomic E-state index is 0.0610. The van der Waals surface area contributed by atoms with E-state index in [1.807, 2.05) is 6.92 Å². The first-order valence-electron chi connectivity index (χ1n) is 6.18. The van der Waals surface area contributed by atoms with Gasteiger partial charge in [-0.1, -0.05) is 0 Å². The highest BCUT2D eigenvalue weighted by atomic mass is 32.2. The lowest BCUT2D eigenvalue weighted by atomic mass is 10.1. The molecule has 0 spiro atoms. The van der Waals surface area contributed by atoms with Gasteiger partial charge in [0.15, 0.2) is 9.84 Å². The van der Waals surface area contributed by atoms with Gasteiger partial charge in [0, 0.05) is 12.5 Å². The van der Waals surface area contributed by atoms with Crippen LogP contribution in [-0.2, 0) is 14.6 Å². The molecule has 0 amide bonds. The van der Waals surface area contributed by atoms with E-state index >= 15 is 0 Å². The Morgan fingerprint density at radius 1 is 1.29 bits per heavy atom. The molecule has 0 aliphatic rings. The molecular weight excluding hydrogens is 292 g/mol. The summed E-state index contributed by atoms with van der Waals surface area (Å²) in [6.07, 6.45) is 4.36. The maximum atomic E-state index is 12.0. The SMILES string of the molecule is COC(=O)c1cc(S(C)(=O)=O)c(-n2cnc(C)c2)cc1C. The third-order valence-electron chi connectivity index (χ3n) is 3.10. The van der Waals surface area contributed by atoms with E-state index in [0.29, 0.717) is 11.3 Å². The Morgan fingerprint density at radius 3 is 2.43 bits per heavy atom. The maximum Gasteiger partial charge on any atom is 0.338 e. The van der Waals surface area contributed by atoms with Gasteiger partial charge < -0.3 is 9.30 Å². The molecule has 0 N–H and O–H groups in total. The number of sulfone groups is 1. The highest BCUT2D eigenvalue weighted by molar-refractivity contribution is 7.90. The average Bonchev–Trinajstić information content (AvgIpc) is 2.82. The Morgan fingerprint density at radius 2 is 1.95 bits per heavy atom. The molecule has 0 unspecified atom stereocenters. The summed E-state index contributed by atoms with van der Waals surface area (Å²) in [5.41, 5.74) is 2.10. The summed E-state index contributed by atoms with van der Waals surface area (Å²) in [6, 6.07) is 2.99. The minimum atomic E-state index is -3.51. The van der Waals surface area contributed by atoms with Crippen LogP contribution in [0.1, 0.15) is 21.6 Å². The largest absolute Gasteiger partial charge is 0.465 e. The van der Waals surface area contributed by atoms with Crippen LogP contribution in [0.5, 0.6) is 0 Å². The van der Waals surface area contributed by atoms with Crippen molar-refractivity contribution in [2.45, 2.75) is 18.7 Å². The molecule has 0 saturated heterocycles. The molecule has 1 heterocycles. The fourth-order valence-corrected chi connectivity index (χ4v) is 2.93. The van der Waals surface area contributed by atoms with Crippen molar-refractivity contribution >= 4 is 15.8 Å². The van der Waals surface area contributed by atoms with Crippen LogP contribution in [0.15, 0.2) is 29.6 Å². The smallest absolute Gasteiger partial charge is 0.338 e. The normalized spacial score (nSPS) is 11.4. The van der Waals surface area contributed by atoms with Gasteiger partial charge in [0.2, 0.25) is 0 Å². The number of hydrogen-bond donors (Lipinski definition) is 0. The van der Waals surface area contributed by atoms with E-state index in [9.17, 15) is 13.2 Å². The number of carbonyl (C=O) groups is 1. The Hall–Kier alpha value is -2.15. The molecule has 0 fully saturated rings. The fourth-order valence-electron chi connectivity index (χ4n) is 2.05. The van der Waals surface area contributed by atoms with E-state index in [4.69, 9.17) is 0 Å². The molecule has 0 aliphatic heterocycles. The molecule has 0 aliphatic carbocycles. The zero-order valence-corrected chi connectivity index (χ0v) is 13.1. The van der Waals surface area contributed by atoms with Gasteiger partial charge >= 0.3 is 5.97 Å². The second-order valence-electron chi connectivity index (χ2n) is 4.82. The van der Waals surface area contributed by atoms with Crippen molar-refractivity contribution in [3.05, 3.63) is 41.5 Å². The number of ether oxygens (including phenoxy) is 1. The molecule has 7 heteroatoms. The molecule has 0 atom stereocenters. The van der Waals surface area contributed by atoms with Crippen molar-refractivity contribution in [1.29, 1.82) is 0 Å². The van der Waals surface area contributed by atoms with Crippen LogP contribution in [0.25, 0.3) is 5.69 Å². The van der Waals surface area contributed by atoms with E-state index in [1.54, 1.807) is 23.8 Å². The summed E-state index contributed by atoms with van der Waals surface area (Å²) < 4.78 is 30.4. The van der Waals surface area contributed by atoms with Crippen molar-refractivity contribution in [3.8, 4) is 5.69 Å². The molecule has 0 saturated carbocycles. The van der Waals surface area contributed by atoms with Gasteiger partial charge in [-0.25, -0.2) is 18.2 Å². The van der Waals surface area contributed by atoms with Gasteiger partial charge in [-0.15, -0.1) is 0 Å². The number of benzene rings is 1. The van der Waals surface area contributed by atoms with Crippen LogP contribution in [0.4, 0.5) is 0 Å². The van der Waals surface area contributed by atoms with E-state index in [-0.39, 0.29) is 10.5 Å². The molecule has 1 aromatic carbocycles. The third-order valence-corrected chi connectivity index (χ3v) is 4.23. The standard InChI is InChI=1S/C14H16N2O4S/c1-9-5-12(16-7-10(2)15-8-16)13(21(4,18)19)6-11(9)14(17)20-3/h5-8H,1-4H3. The lowest BCUT2D eigenvalue weighted by Crippen LogP contribution is -2.10. The molecule has 1 aromatic heterocycles. The summed E-state index contributed by atoms with van der Waals surface area (Å²) in [7, 11) is -2.25. The van der Waals surface area contributed by atoms with Gasteiger partial charge in [0.05, 0.1) is 35.3 Å². The van der Waals surface area contributed by atoms with Crippen LogP contribution >= 0.6 is 0 Å². The summed E-state index contributed by atoms with van der Waals surface area (Å²) in [5.74, 6) is -0.564. The molecule has 0 bridgehead atoms. The first kappa shape index (κ1) is 15.2. The van der Waals surface area contributed by atoms with Crippen LogP contribution < -0.4 is 0 Å². The number of hydrogen-bond acceptors (Lipinski definition) is 5. The summed E-state index contributed by atoms with van der Waals surface area (Å²) in [6.45, 7) is 3.54. The van der Waals surface area contributed by atoms with E-state index in [2.05, 4.69) is 9.72 Å². The van der Waals surface area contributed by atoms with E-state index in [0.717, 1.165) is 11.9 Å². The Kier molecular flexibility index (Phi) is 3.87. The van der Waals surface area contributed by atoms with E-state index in [1.165, 1.54) is 19.5 Å². The first-order valence-corrected chi connectivity index (χ1v) is 8.07. The second-order valence-corrected chi connectivity index (χ2v) is 6.81. The number of imidazole rings is 1. The maximum absolute atomic E-state index is 12.0. The van der Waals surface area contributed by atoms with Crippen molar-refractivity contribution in [2.24, 2.45) is 0 Å². The molecule has 0 radical (unpaired) electrons.